The number of carbonyl (C=O) groups is 2. The van der Waals surface area contributed by atoms with E-state index in [-0.39, 0.29) is 59.0 Å². The maximum absolute atomic E-state index is 15.2. The SMILES string of the molecule is C=CC(=O)N1C[C@@H](n2nc(C#Cc3c(F)c(F)c4c(nc(C)n4C)c3F)c(C(N)=O)c2NC)C[C@@H]1COC. The molecule has 1 aliphatic rings. The van der Waals surface area contributed by atoms with Crippen LogP contribution in [-0.4, -0.2) is 69.4 Å². The van der Waals surface area contributed by atoms with Crippen molar-refractivity contribution in [3.63, 3.8) is 0 Å². The second-order valence-electron chi connectivity index (χ2n) is 8.81. The third-order valence-electron chi connectivity index (χ3n) is 6.62. The average Bonchev–Trinajstić information content (AvgIpc) is 3.56. The van der Waals surface area contributed by atoms with Gasteiger partial charge in [0, 0.05) is 27.7 Å². The van der Waals surface area contributed by atoms with E-state index >= 15 is 4.39 Å². The van der Waals surface area contributed by atoms with Crippen molar-refractivity contribution < 1.29 is 27.5 Å². The number of hydrogen-bond acceptors (Lipinski definition) is 6. The van der Waals surface area contributed by atoms with Gasteiger partial charge in [-0.2, -0.15) is 5.10 Å². The molecule has 1 aliphatic heterocycles. The van der Waals surface area contributed by atoms with E-state index in [1.54, 1.807) is 4.90 Å². The Kier molecular flexibility index (Phi) is 7.19. The monoisotopic (exact) mass is 529 g/mol. The summed E-state index contributed by atoms with van der Waals surface area (Å²) in [6, 6.07) is -0.690. The third kappa shape index (κ3) is 4.26. The molecule has 1 aromatic carbocycles. The van der Waals surface area contributed by atoms with Crippen LogP contribution in [0.3, 0.4) is 0 Å². The molecule has 0 spiro atoms. The summed E-state index contributed by atoms with van der Waals surface area (Å²) in [5.41, 5.74) is 3.77. The number of fused-ring (bicyclic) bond motifs is 1. The number of aryl methyl sites for hydroxylation is 2. The highest BCUT2D eigenvalue weighted by Gasteiger charge is 2.38. The van der Waals surface area contributed by atoms with Crippen LogP contribution in [0.2, 0.25) is 0 Å². The maximum atomic E-state index is 15.2. The molecule has 200 valence electrons. The fourth-order valence-corrected chi connectivity index (χ4v) is 4.74. The van der Waals surface area contributed by atoms with Gasteiger partial charge in [-0.15, -0.1) is 0 Å². The smallest absolute Gasteiger partial charge is 0.255 e. The molecule has 0 saturated carbocycles. The first-order valence-corrected chi connectivity index (χ1v) is 11.6. The molecule has 0 aliphatic carbocycles. The molecule has 0 bridgehead atoms. The number of hydrogen-bond donors (Lipinski definition) is 2. The van der Waals surface area contributed by atoms with E-state index < -0.39 is 35.0 Å². The number of aromatic nitrogens is 4. The van der Waals surface area contributed by atoms with Gasteiger partial charge in [0.2, 0.25) is 5.91 Å². The fraction of sp³-hybridized carbons (Fsp3) is 0.360. The molecule has 1 saturated heterocycles. The van der Waals surface area contributed by atoms with Gasteiger partial charge in [-0.05, 0) is 25.3 Å². The van der Waals surface area contributed by atoms with Crippen molar-refractivity contribution in [2.45, 2.75) is 25.4 Å². The van der Waals surface area contributed by atoms with Crippen molar-refractivity contribution in [3.05, 3.63) is 52.8 Å². The number of anilines is 1. The number of likely N-dealkylation sites (tertiary alicyclic amines) is 1. The van der Waals surface area contributed by atoms with Crippen molar-refractivity contribution in [1.29, 1.82) is 0 Å². The summed E-state index contributed by atoms with van der Waals surface area (Å²) < 4.78 is 52.7. The Labute approximate surface area is 216 Å². The minimum absolute atomic E-state index is 0.118. The van der Waals surface area contributed by atoms with Crippen LogP contribution >= 0.6 is 0 Å². The number of nitrogens with one attached hydrogen (secondary N) is 1. The van der Waals surface area contributed by atoms with Crippen LogP contribution < -0.4 is 11.1 Å². The van der Waals surface area contributed by atoms with Gasteiger partial charge in [0.05, 0.1) is 18.7 Å². The minimum atomic E-state index is -1.49. The minimum Gasteiger partial charge on any atom is -0.383 e. The molecule has 13 heteroatoms. The first kappa shape index (κ1) is 26.7. The highest BCUT2D eigenvalue weighted by molar-refractivity contribution is 6.00. The summed E-state index contributed by atoms with van der Waals surface area (Å²) in [7, 11) is 4.49. The van der Waals surface area contributed by atoms with Crippen molar-refractivity contribution in [3.8, 4) is 11.8 Å². The van der Waals surface area contributed by atoms with Gasteiger partial charge in [-0.25, -0.2) is 22.8 Å². The Hall–Kier alpha value is -4.31. The molecule has 2 atom stereocenters. The van der Waals surface area contributed by atoms with Gasteiger partial charge in [0.1, 0.15) is 33.8 Å². The average molecular weight is 530 g/mol. The van der Waals surface area contributed by atoms with Crippen LogP contribution in [0, 0.1) is 36.2 Å². The highest BCUT2D eigenvalue weighted by Crippen LogP contribution is 2.33. The maximum Gasteiger partial charge on any atom is 0.255 e. The summed E-state index contributed by atoms with van der Waals surface area (Å²) in [5.74, 6) is 0.133. The van der Waals surface area contributed by atoms with E-state index in [2.05, 4.69) is 33.8 Å². The van der Waals surface area contributed by atoms with E-state index in [4.69, 9.17) is 10.5 Å². The predicted molar refractivity (Wildman–Crippen MR) is 133 cm³/mol. The number of rotatable bonds is 6. The lowest BCUT2D eigenvalue weighted by molar-refractivity contribution is -0.127. The second kappa shape index (κ2) is 10.2. The molecule has 0 radical (unpaired) electrons. The van der Waals surface area contributed by atoms with Crippen LogP contribution in [-0.2, 0) is 16.6 Å². The van der Waals surface area contributed by atoms with Crippen molar-refractivity contribution >= 4 is 28.7 Å². The number of benzene rings is 1. The Bertz CT molecular complexity index is 1530. The van der Waals surface area contributed by atoms with Gasteiger partial charge in [-0.1, -0.05) is 12.5 Å². The number of carbonyl (C=O) groups excluding carboxylic acids is 2. The summed E-state index contributed by atoms with van der Waals surface area (Å²) in [6.07, 6.45) is 1.63. The fourth-order valence-electron chi connectivity index (χ4n) is 4.74. The summed E-state index contributed by atoms with van der Waals surface area (Å²) in [5, 5.41) is 7.26. The Morgan fingerprint density at radius 1 is 1.26 bits per heavy atom. The van der Waals surface area contributed by atoms with E-state index in [0.717, 1.165) is 0 Å². The van der Waals surface area contributed by atoms with E-state index in [0.29, 0.717) is 6.42 Å². The predicted octanol–water partition coefficient (Wildman–Crippen LogP) is 2.01. The van der Waals surface area contributed by atoms with Gasteiger partial charge in [0.15, 0.2) is 23.1 Å². The molecule has 2 amide bonds. The lowest BCUT2D eigenvalue weighted by Crippen LogP contribution is -2.37. The zero-order valence-electron chi connectivity index (χ0n) is 21.2. The molecule has 1 fully saturated rings. The Balaban J connectivity index is 1.83. The molecule has 3 N–H and O–H groups in total. The van der Waals surface area contributed by atoms with Crippen molar-refractivity contribution in [2.75, 3.05) is 32.6 Å². The van der Waals surface area contributed by atoms with Crippen LogP contribution in [0.5, 0.6) is 0 Å². The quantitative estimate of drug-likeness (QED) is 0.286. The lowest BCUT2D eigenvalue weighted by atomic mass is 10.1. The summed E-state index contributed by atoms with van der Waals surface area (Å²) >= 11 is 0. The van der Waals surface area contributed by atoms with Gasteiger partial charge < -0.3 is 25.3 Å². The molecule has 10 nitrogen and oxygen atoms in total. The number of nitrogens with zero attached hydrogens (tertiary/aromatic N) is 5. The molecule has 4 rings (SSSR count). The van der Waals surface area contributed by atoms with Crippen molar-refractivity contribution in [1.82, 2.24) is 24.2 Å². The second-order valence-corrected chi connectivity index (χ2v) is 8.81. The standard InChI is InChI=1S/C25H26F3N7O3/c1-6-17(36)34-10-13(9-14(34)11-38-5)35-25(30-3)18(24(29)37)16(32-35)8-7-15-19(26)21(28)23-22(20(15)27)31-12(2)33(23)4/h6,13-14,30H,1,9-11H2,2-5H3,(H2,29,37)/t13-,14+/m0/s1. The van der Waals surface area contributed by atoms with E-state index in [1.165, 1.54) is 43.5 Å². The van der Waals surface area contributed by atoms with Crippen molar-refractivity contribution in [2.24, 2.45) is 12.8 Å². The molecule has 0 unspecified atom stereocenters. The molecular weight excluding hydrogens is 503 g/mol. The van der Waals surface area contributed by atoms with Crippen LogP contribution in [0.1, 0.15) is 39.9 Å². The topological polar surface area (TPSA) is 120 Å². The normalized spacial score (nSPS) is 17.0. The van der Waals surface area contributed by atoms with E-state index in [1.807, 2.05) is 0 Å². The number of ether oxygens (including phenoxy) is 1. The largest absolute Gasteiger partial charge is 0.383 e. The van der Waals surface area contributed by atoms with Crippen LogP contribution in [0.4, 0.5) is 19.0 Å². The number of halogens is 3. The summed E-state index contributed by atoms with van der Waals surface area (Å²) in [6.45, 7) is 5.55. The molecule has 2 aromatic heterocycles. The number of imidazole rings is 1. The highest BCUT2D eigenvalue weighted by atomic mass is 19.2. The number of nitrogens with two attached hydrogens (primary N) is 1. The number of primary amides is 1. The number of amides is 2. The van der Waals surface area contributed by atoms with Crippen LogP contribution in [0.15, 0.2) is 12.7 Å². The van der Waals surface area contributed by atoms with E-state index in [9.17, 15) is 18.4 Å². The van der Waals surface area contributed by atoms with Gasteiger partial charge in [-0.3, -0.25) is 9.59 Å². The molecule has 3 heterocycles. The molecular formula is C25H26F3N7O3. The van der Waals surface area contributed by atoms with Gasteiger partial charge in [0.25, 0.3) is 5.91 Å². The Morgan fingerprint density at radius 3 is 2.58 bits per heavy atom. The molecule has 3 aromatic rings. The van der Waals surface area contributed by atoms with Gasteiger partial charge >= 0.3 is 0 Å². The lowest BCUT2D eigenvalue weighted by Gasteiger charge is -2.22. The zero-order valence-corrected chi connectivity index (χ0v) is 21.2. The first-order valence-electron chi connectivity index (χ1n) is 11.6. The molecule has 38 heavy (non-hydrogen) atoms. The summed E-state index contributed by atoms with van der Waals surface area (Å²) in [4.78, 5) is 30.3. The first-order chi connectivity index (χ1) is 18.0. The van der Waals surface area contributed by atoms with Crippen LogP contribution in [0.25, 0.3) is 11.0 Å². The third-order valence-corrected chi connectivity index (χ3v) is 6.62. The number of methoxy groups -OCH3 is 1. The zero-order chi connectivity index (χ0) is 27.9. The Morgan fingerprint density at radius 2 is 1.97 bits per heavy atom.